The van der Waals surface area contributed by atoms with Crippen LogP contribution in [0.25, 0.3) is 0 Å². The minimum atomic E-state index is -3.28. The van der Waals surface area contributed by atoms with E-state index in [0.29, 0.717) is 19.6 Å². The first-order valence-electron chi connectivity index (χ1n) is 5.94. The third kappa shape index (κ3) is 6.25. The van der Waals surface area contributed by atoms with Crippen LogP contribution in [0.5, 0.6) is 0 Å². The summed E-state index contributed by atoms with van der Waals surface area (Å²) in [5, 5.41) is 0. The summed E-state index contributed by atoms with van der Waals surface area (Å²) < 4.78 is 27.9. The molecule has 0 saturated carbocycles. The Morgan fingerprint density at radius 2 is 1.75 bits per heavy atom. The Bertz CT molecular complexity index is 280. The predicted octanol–water partition coefficient (Wildman–Crippen LogP) is 1.91. The Kier molecular flexibility index (Phi) is 8.51. The molecule has 0 spiro atoms. The summed E-state index contributed by atoms with van der Waals surface area (Å²) in [6.07, 6.45) is 6.30. The maximum atomic E-state index is 11.9. The maximum Gasteiger partial charge on any atom is 0.279 e. The lowest BCUT2D eigenvalue weighted by molar-refractivity contribution is 0.402. The molecule has 0 aliphatic heterocycles. The number of allylic oxidation sites excluding steroid dienone is 1. The average Bonchev–Trinajstić information content (AvgIpc) is 2.24. The molecule has 0 fully saturated rings. The predicted molar refractivity (Wildman–Crippen MR) is 68.5 cm³/mol. The number of nitrogens with zero attached hydrogens (tertiary/aromatic N) is 1. The van der Waals surface area contributed by atoms with E-state index in [0.717, 1.165) is 19.3 Å². The standard InChI is InChI=1S/C11H24N2O2S/c1-4-7-8-9-12-16(14,15)13(10-5-2)11-6-3/h4,7,12H,5-6,8-11H2,1-3H3/b7-4+. The topological polar surface area (TPSA) is 49.4 Å². The second-order valence-corrected chi connectivity index (χ2v) is 5.41. The van der Waals surface area contributed by atoms with Crippen molar-refractivity contribution >= 4 is 10.2 Å². The normalized spacial score (nSPS) is 12.8. The molecule has 0 amide bonds. The first-order chi connectivity index (χ1) is 7.58. The lowest BCUT2D eigenvalue weighted by Crippen LogP contribution is -2.41. The van der Waals surface area contributed by atoms with Crippen LogP contribution in [0.4, 0.5) is 0 Å². The third-order valence-electron chi connectivity index (χ3n) is 2.12. The molecule has 16 heavy (non-hydrogen) atoms. The Hall–Kier alpha value is -0.390. The van der Waals surface area contributed by atoms with Gasteiger partial charge in [0.1, 0.15) is 0 Å². The van der Waals surface area contributed by atoms with E-state index in [1.54, 1.807) is 0 Å². The second kappa shape index (κ2) is 8.73. The van der Waals surface area contributed by atoms with Gasteiger partial charge in [-0.1, -0.05) is 26.0 Å². The number of hydrogen-bond acceptors (Lipinski definition) is 2. The van der Waals surface area contributed by atoms with Crippen molar-refractivity contribution in [2.45, 2.75) is 40.0 Å². The van der Waals surface area contributed by atoms with Gasteiger partial charge in [0.05, 0.1) is 0 Å². The summed E-state index contributed by atoms with van der Waals surface area (Å²) in [6, 6.07) is 0. The fraction of sp³-hybridized carbons (Fsp3) is 0.818. The zero-order valence-electron chi connectivity index (χ0n) is 10.6. The van der Waals surface area contributed by atoms with Crippen molar-refractivity contribution in [2.24, 2.45) is 0 Å². The fourth-order valence-electron chi connectivity index (χ4n) is 1.38. The second-order valence-electron chi connectivity index (χ2n) is 3.66. The molecular formula is C11H24N2O2S. The van der Waals surface area contributed by atoms with Crippen LogP contribution in [0.2, 0.25) is 0 Å². The Balaban J connectivity index is 4.24. The van der Waals surface area contributed by atoms with Crippen molar-refractivity contribution in [3.63, 3.8) is 0 Å². The SMILES string of the molecule is C/C=C/CCNS(=O)(=O)N(CCC)CCC. The van der Waals surface area contributed by atoms with E-state index in [2.05, 4.69) is 4.72 Å². The molecule has 96 valence electrons. The Morgan fingerprint density at radius 3 is 2.19 bits per heavy atom. The van der Waals surface area contributed by atoms with Crippen LogP contribution in [0.3, 0.4) is 0 Å². The van der Waals surface area contributed by atoms with Gasteiger partial charge in [-0.15, -0.1) is 0 Å². The van der Waals surface area contributed by atoms with Gasteiger partial charge >= 0.3 is 0 Å². The Morgan fingerprint density at radius 1 is 1.19 bits per heavy atom. The molecule has 0 unspecified atom stereocenters. The average molecular weight is 248 g/mol. The molecule has 0 aromatic heterocycles. The van der Waals surface area contributed by atoms with Gasteiger partial charge in [-0.25, -0.2) is 4.72 Å². The molecule has 0 radical (unpaired) electrons. The molecular weight excluding hydrogens is 224 g/mol. The smallest absolute Gasteiger partial charge is 0.202 e. The van der Waals surface area contributed by atoms with E-state index in [1.807, 2.05) is 32.9 Å². The molecule has 0 heterocycles. The molecule has 0 bridgehead atoms. The van der Waals surface area contributed by atoms with Gasteiger partial charge in [0.15, 0.2) is 0 Å². The quantitative estimate of drug-likeness (QED) is 0.500. The van der Waals surface area contributed by atoms with Crippen molar-refractivity contribution in [2.75, 3.05) is 19.6 Å². The van der Waals surface area contributed by atoms with Gasteiger partial charge in [-0.05, 0) is 26.2 Å². The number of rotatable bonds is 9. The summed E-state index contributed by atoms with van der Waals surface area (Å²) in [7, 11) is -3.28. The lowest BCUT2D eigenvalue weighted by Gasteiger charge is -2.20. The van der Waals surface area contributed by atoms with Crippen molar-refractivity contribution in [1.82, 2.24) is 9.03 Å². The van der Waals surface area contributed by atoms with E-state index >= 15 is 0 Å². The molecule has 0 saturated heterocycles. The molecule has 0 aromatic rings. The van der Waals surface area contributed by atoms with E-state index in [4.69, 9.17) is 0 Å². The summed E-state index contributed by atoms with van der Waals surface area (Å²) in [5.41, 5.74) is 0. The highest BCUT2D eigenvalue weighted by Gasteiger charge is 2.18. The maximum absolute atomic E-state index is 11.9. The third-order valence-corrected chi connectivity index (χ3v) is 3.73. The van der Waals surface area contributed by atoms with Crippen molar-refractivity contribution in [1.29, 1.82) is 0 Å². The van der Waals surface area contributed by atoms with Crippen LogP contribution in [0.15, 0.2) is 12.2 Å². The van der Waals surface area contributed by atoms with Crippen LogP contribution in [-0.2, 0) is 10.2 Å². The first kappa shape index (κ1) is 15.6. The van der Waals surface area contributed by atoms with E-state index in [9.17, 15) is 8.42 Å². The molecule has 0 rings (SSSR count). The lowest BCUT2D eigenvalue weighted by atomic mass is 10.4. The summed E-state index contributed by atoms with van der Waals surface area (Å²) in [6.45, 7) is 7.54. The zero-order valence-corrected chi connectivity index (χ0v) is 11.4. The van der Waals surface area contributed by atoms with Gasteiger partial charge < -0.3 is 0 Å². The Labute approximate surface area is 99.9 Å². The van der Waals surface area contributed by atoms with Gasteiger partial charge in [0.25, 0.3) is 10.2 Å². The highest BCUT2D eigenvalue weighted by atomic mass is 32.2. The molecule has 5 heteroatoms. The van der Waals surface area contributed by atoms with E-state index in [-0.39, 0.29) is 0 Å². The van der Waals surface area contributed by atoms with E-state index in [1.165, 1.54) is 4.31 Å². The van der Waals surface area contributed by atoms with Crippen LogP contribution in [0.1, 0.15) is 40.0 Å². The van der Waals surface area contributed by atoms with Crippen molar-refractivity contribution < 1.29 is 8.42 Å². The number of hydrogen-bond donors (Lipinski definition) is 1. The number of nitrogens with one attached hydrogen (secondary N) is 1. The minimum absolute atomic E-state index is 0.469. The van der Waals surface area contributed by atoms with Crippen molar-refractivity contribution in [3.8, 4) is 0 Å². The largest absolute Gasteiger partial charge is 0.279 e. The highest BCUT2D eigenvalue weighted by Crippen LogP contribution is 2.01. The zero-order chi connectivity index (χ0) is 12.4. The van der Waals surface area contributed by atoms with Gasteiger partial charge in [-0.3, -0.25) is 0 Å². The molecule has 1 N–H and O–H groups in total. The molecule has 0 aliphatic rings. The van der Waals surface area contributed by atoms with E-state index < -0.39 is 10.2 Å². The molecule has 0 aromatic carbocycles. The van der Waals surface area contributed by atoms with Crippen LogP contribution in [-0.4, -0.2) is 32.4 Å². The molecule has 0 aliphatic carbocycles. The van der Waals surface area contributed by atoms with Crippen molar-refractivity contribution in [3.05, 3.63) is 12.2 Å². The minimum Gasteiger partial charge on any atom is -0.202 e. The summed E-state index contributed by atoms with van der Waals surface area (Å²) in [5.74, 6) is 0. The van der Waals surface area contributed by atoms with Crippen LogP contribution < -0.4 is 4.72 Å². The molecule has 4 nitrogen and oxygen atoms in total. The fourth-order valence-corrected chi connectivity index (χ4v) is 2.78. The monoisotopic (exact) mass is 248 g/mol. The first-order valence-corrected chi connectivity index (χ1v) is 7.38. The van der Waals surface area contributed by atoms with Gasteiger partial charge in [0, 0.05) is 19.6 Å². The van der Waals surface area contributed by atoms with Gasteiger partial charge in [-0.2, -0.15) is 12.7 Å². The molecule has 0 atom stereocenters. The van der Waals surface area contributed by atoms with Crippen LogP contribution in [0, 0.1) is 0 Å². The van der Waals surface area contributed by atoms with Crippen LogP contribution >= 0.6 is 0 Å². The summed E-state index contributed by atoms with van der Waals surface area (Å²) >= 11 is 0. The summed E-state index contributed by atoms with van der Waals surface area (Å²) in [4.78, 5) is 0. The highest BCUT2D eigenvalue weighted by molar-refractivity contribution is 7.87. The van der Waals surface area contributed by atoms with Gasteiger partial charge in [0.2, 0.25) is 0 Å².